The Morgan fingerprint density at radius 1 is 0.519 bits per heavy atom. The lowest BCUT2D eigenvalue weighted by Gasteiger charge is -2.25. The number of thiophene rings is 1. The van der Waals surface area contributed by atoms with Crippen LogP contribution in [0.4, 0.5) is 17.1 Å². The van der Waals surface area contributed by atoms with Crippen molar-refractivity contribution < 1.29 is 0 Å². The molecule has 0 aliphatic carbocycles. The first-order valence-electron chi connectivity index (χ1n) is 8.27. The third-order valence-corrected chi connectivity index (χ3v) is 6.88. The van der Waals surface area contributed by atoms with Crippen molar-refractivity contribution in [2.75, 3.05) is 4.90 Å². The molecule has 0 aliphatic heterocycles. The summed E-state index contributed by atoms with van der Waals surface area (Å²) >= 11 is 12.3. The zero-order valence-corrected chi connectivity index (χ0v) is 19.6. The van der Waals surface area contributed by atoms with Gasteiger partial charge in [0, 0.05) is 30.9 Å². The number of benzene rings is 3. The lowest BCUT2D eigenvalue weighted by Crippen LogP contribution is -2.09. The van der Waals surface area contributed by atoms with Crippen LogP contribution in [0.2, 0.25) is 0 Å². The average Bonchev–Trinajstić information content (AvgIpc) is 3.12. The van der Waals surface area contributed by atoms with Crippen LogP contribution in [0.15, 0.2) is 97.7 Å². The van der Waals surface area contributed by atoms with Gasteiger partial charge in [0.1, 0.15) is 0 Å². The van der Waals surface area contributed by atoms with E-state index < -0.39 is 0 Å². The summed E-state index contributed by atoms with van der Waals surface area (Å²) in [6, 6.07) is 29.7. The molecule has 0 spiro atoms. The zero-order valence-electron chi connectivity index (χ0n) is 14.1. The lowest BCUT2D eigenvalue weighted by atomic mass is 10.1. The molecule has 0 fully saturated rings. The standard InChI is InChI=1S/C22H14Br3NS/c23-16-3-9-19(10-4-16)26(20-11-5-17(24)6-12-20)18-7-1-15(2-8-18)21-13-14-22(25)27-21/h1-14H. The van der Waals surface area contributed by atoms with Crippen LogP contribution < -0.4 is 4.90 Å². The topological polar surface area (TPSA) is 3.24 Å². The summed E-state index contributed by atoms with van der Waals surface area (Å²) in [4.78, 5) is 3.51. The number of anilines is 3. The van der Waals surface area contributed by atoms with Crippen LogP contribution in [0.1, 0.15) is 0 Å². The molecule has 0 unspecified atom stereocenters. The summed E-state index contributed by atoms with van der Waals surface area (Å²) in [6.07, 6.45) is 0. The number of nitrogens with zero attached hydrogens (tertiary/aromatic N) is 1. The molecule has 0 radical (unpaired) electrons. The minimum absolute atomic E-state index is 1.07. The monoisotopic (exact) mass is 561 g/mol. The maximum atomic E-state index is 3.54. The Kier molecular flexibility index (Phi) is 5.83. The summed E-state index contributed by atoms with van der Waals surface area (Å²) in [7, 11) is 0. The summed E-state index contributed by atoms with van der Waals surface area (Å²) in [6.45, 7) is 0. The molecule has 0 amide bonds. The number of rotatable bonds is 4. The van der Waals surface area contributed by atoms with Gasteiger partial charge in [0.25, 0.3) is 0 Å². The molecule has 0 saturated carbocycles. The molecule has 0 N–H and O–H groups in total. The predicted octanol–water partition coefficient (Wildman–Crippen LogP) is 9.17. The van der Waals surface area contributed by atoms with Crippen molar-refractivity contribution in [2.45, 2.75) is 0 Å². The molecular weight excluding hydrogens is 550 g/mol. The highest BCUT2D eigenvalue weighted by Gasteiger charge is 2.13. The molecule has 0 aliphatic rings. The van der Waals surface area contributed by atoms with E-state index in [2.05, 4.69) is 138 Å². The largest absolute Gasteiger partial charge is 0.311 e. The molecule has 134 valence electrons. The van der Waals surface area contributed by atoms with E-state index in [4.69, 9.17) is 0 Å². The fraction of sp³-hybridized carbons (Fsp3) is 0. The van der Waals surface area contributed by atoms with Gasteiger partial charge in [-0.05, 0) is 94.3 Å². The van der Waals surface area contributed by atoms with Crippen LogP contribution in [0.25, 0.3) is 10.4 Å². The fourth-order valence-corrected chi connectivity index (χ4v) is 4.79. The van der Waals surface area contributed by atoms with E-state index in [0.717, 1.165) is 29.8 Å². The van der Waals surface area contributed by atoms with Crippen molar-refractivity contribution in [2.24, 2.45) is 0 Å². The Hall–Kier alpha value is -1.40. The molecule has 0 bridgehead atoms. The van der Waals surface area contributed by atoms with Crippen LogP contribution in [0, 0.1) is 0 Å². The van der Waals surface area contributed by atoms with Gasteiger partial charge in [-0.1, -0.05) is 44.0 Å². The summed E-state index contributed by atoms with van der Waals surface area (Å²) in [5.41, 5.74) is 4.58. The summed E-state index contributed by atoms with van der Waals surface area (Å²) in [5.74, 6) is 0. The molecular formula is C22H14Br3NS. The van der Waals surface area contributed by atoms with E-state index >= 15 is 0 Å². The number of halogens is 3. The zero-order chi connectivity index (χ0) is 18.8. The van der Waals surface area contributed by atoms with E-state index in [0.29, 0.717) is 0 Å². The van der Waals surface area contributed by atoms with Gasteiger partial charge in [-0.25, -0.2) is 0 Å². The van der Waals surface area contributed by atoms with Gasteiger partial charge in [-0.2, -0.15) is 0 Å². The van der Waals surface area contributed by atoms with Crippen LogP contribution in [0.5, 0.6) is 0 Å². The lowest BCUT2D eigenvalue weighted by molar-refractivity contribution is 1.28. The quantitative estimate of drug-likeness (QED) is 0.239. The molecule has 5 heteroatoms. The Labute approximate surface area is 188 Å². The molecule has 1 nitrogen and oxygen atoms in total. The molecule has 4 rings (SSSR count). The van der Waals surface area contributed by atoms with E-state index in [1.165, 1.54) is 10.4 Å². The highest BCUT2D eigenvalue weighted by molar-refractivity contribution is 9.11. The van der Waals surface area contributed by atoms with E-state index in [-0.39, 0.29) is 0 Å². The van der Waals surface area contributed by atoms with Crippen LogP contribution in [0.3, 0.4) is 0 Å². The Morgan fingerprint density at radius 2 is 0.963 bits per heavy atom. The molecule has 1 heterocycles. The summed E-state index contributed by atoms with van der Waals surface area (Å²) in [5, 5.41) is 0. The molecule has 4 aromatic rings. The second-order valence-electron chi connectivity index (χ2n) is 5.94. The van der Waals surface area contributed by atoms with Crippen molar-refractivity contribution >= 4 is 76.2 Å². The maximum Gasteiger partial charge on any atom is 0.0705 e. The predicted molar refractivity (Wildman–Crippen MR) is 128 cm³/mol. The second kappa shape index (κ2) is 8.31. The minimum Gasteiger partial charge on any atom is -0.311 e. The van der Waals surface area contributed by atoms with Gasteiger partial charge in [0.2, 0.25) is 0 Å². The van der Waals surface area contributed by atoms with Crippen LogP contribution in [-0.2, 0) is 0 Å². The Bertz CT molecular complexity index is 993. The highest BCUT2D eigenvalue weighted by Crippen LogP contribution is 2.37. The molecule has 27 heavy (non-hydrogen) atoms. The van der Waals surface area contributed by atoms with Crippen molar-refractivity contribution in [3.8, 4) is 10.4 Å². The Balaban J connectivity index is 1.76. The minimum atomic E-state index is 1.07. The first-order chi connectivity index (χ1) is 13.1. The first-order valence-corrected chi connectivity index (χ1v) is 11.5. The van der Waals surface area contributed by atoms with Crippen molar-refractivity contribution in [1.82, 2.24) is 0 Å². The van der Waals surface area contributed by atoms with Crippen LogP contribution in [-0.4, -0.2) is 0 Å². The van der Waals surface area contributed by atoms with Crippen molar-refractivity contribution in [1.29, 1.82) is 0 Å². The maximum absolute atomic E-state index is 3.54. The summed E-state index contributed by atoms with van der Waals surface area (Å²) < 4.78 is 3.29. The van der Waals surface area contributed by atoms with Gasteiger partial charge < -0.3 is 4.90 Å². The van der Waals surface area contributed by atoms with E-state index in [1.807, 2.05) is 0 Å². The molecule has 3 aromatic carbocycles. The van der Waals surface area contributed by atoms with Gasteiger partial charge in [0.15, 0.2) is 0 Å². The smallest absolute Gasteiger partial charge is 0.0705 e. The normalized spacial score (nSPS) is 10.8. The van der Waals surface area contributed by atoms with Crippen molar-refractivity contribution in [3.63, 3.8) is 0 Å². The van der Waals surface area contributed by atoms with Gasteiger partial charge in [-0.3, -0.25) is 0 Å². The van der Waals surface area contributed by atoms with E-state index in [9.17, 15) is 0 Å². The molecule has 1 aromatic heterocycles. The third kappa shape index (κ3) is 4.37. The number of hydrogen-bond acceptors (Lipinski definition) is 2. The molecule has 0 saturated heterocycles. The SMILES string of the molecule is Brc1ccc(N(c2ccc(Br)cc2)c2ccc(-c3ccc(Br)s3)cc2)cc1. The fourth-order valence-electron chi connectivity index (χ4n) is 2.87. The van der Waals surface area contributed by atoms with Gasteiger partial charge in [0.05, 0.1) is 3.79 Å². The van der Waals surface area contributed by atoms with Crippen LogP contribution >= 0.6 is 59.1 Å². The Morgan fingerprint density at radius 3 is 1.37 bits per heavy atom. The molecule has 0 atom stereocenters. The first kappa shape index (κ1) is 18.9. The van der Waals surface area contributed by atoms with Crippen molar-refractivity contribution in [3.05, 3.63) is 97.7 Å². The highest BCUT2D eigenvalue weighted by atomic mass is 79.9. The second-order valence-corrected chi connectivity index (χ2v) is 10.2. The average molecular weight is 564 g/mol. The van der Waals surface area contributed by atoms with Gasteiger partial charge >= 0.3 is 0 Å². The number of hydrogen-bond donors (Lipinski definition) is 0. The third-order valence-electron chi connectivity index (χ3n) is 4.15. The van der Waals surface area contributed by atoms with E-state index in [1.54, 1.807) is 11.3 Å². The van der Waals surface area contributed by atoms with Gasteiger partial charge in [-0.15, -0.1) is 11.3 Å².